The number of piperidine rings is 1. The van der Waals surface area contributed by atoms with Crippen molar-refractivity contribution in [2.24, 2.45) is 5.92 Å². The molecule has 2 aromatic carbocycles. The number of amides is 2. The van der Waals surface area contributed by atoms with Gasteiger partial charge in [-0.3, -0.25) is 9.59 Å². The van der Waals surface area contributed by atoms with E-state index in [1.54, 1.807) is 0 Å². The molecule has 2 aliphatic rings. The van der Waals surface area contributed by atoms with Gasteiger partial charge in [-0.2, -0.15) is 0 Å². The molecule has 0 radical (unpaired) electrons. The van der Waals surface area contributed by atoms with Crippen LogP contribution in [0.5, 0.6) is 0 Å². The molecule has 140 valence electrons. The third-order valence-corrected chi connectivity index (χ3v) is 5.94. The average Bonchev–Trinajstić information content (AvgIpc) is 3.46. The Hall–Kier alpha value is -2.14. The number of anilines is 1. The summed E-state index contributed by atoms with van der Waals surface area (Å²) in [6.07, 6.45) is 3.61. The maximum Gasteiger partial charge on any atom is 0.228 e. The van der Waals surface area contributed by atoms with E-state index < -0.39 is 0 Å². The second-order valence-corrected chi connectivity index (χ2v) is 8.38. The van der Waals surface area contributed by atoms with Gasteiger partial charge in [-0.15, -0.1) is 0 Å². The number of carbonyl (C=O) groups excluding carboxylic acids is 2. The molecule has 4 rings (SSSR count). The Labute approximate surface area is 168 Å². The minimum atomic E-state index is 0.0403. The number of likely N-dealkylation sites (tertiary alicyclic amines) is 1. The predicted molar refractivity (Wildman–Crippen MR) is 109 cm³/mol. The van der Waals surface area contributed by atoms with E-state index >= 15 is 0 Å². The molecular weight excluding hydrogens is 404 g/mol. The van der Waals surface area contributed by atoms with Crippen molar-refractivity contribution in [2.45, 2.75) is 38.1 Å². The van der Waals surface area contributed by atoms with Gasteiger partial charge in [-0.25, -0.2) is 0 Å². The normalized spacial score (nSPS) is 21.8. The van der Waals surface area contributed by atoms with E-state index in [4.69, 9.17) is 0 Å². The highest BCUT2D eigenvalue weighted by Gasteiger charge is 2.43. The van der Waals surface area contributed by atoms with Crippen molar-refractivity contribution in [2.75, 3.05) is 11.9 Å². The number of carbonyl (C=O) groups is 2. The lowest BCUT2D eigenvalue weighted by atomic mass is 10.1. The summed E-state index contributed by atoms with van der Waals surface area (Å²) in [5, 5.41) is 3.05. The molecule has 2 amide bonds. The first-order chi connectivity index (χ1) is 13.1. The second kappa shape index (κ2) is 7.85. The third kappa shape index (κ3) is 4.41. The highest BCUT2D eigenvalue weighted by atomic mass is 79.9. The Morgan fingerprint density at radius 2 is 1.96 bits per heavy atom. The van der Waals surface area contributed by atoms with Crippen LogP contribution in [-0.4, -0.2) is 23.3 Å². The maximum atomic E-state index is 12.6. The number of hydrogen-bond donors (Lipinski definition) is 1. The van der Waals surface area contributed by atoms with Crippen LogP contribution in [0.2, 0.25) is 0 Å². The van der Waals surface area contributed by atoms with E-state index in [-0.39, 0.29) is 17.7 Å². The molecule has 2 aromatic rings. The lowest BCUT2D eigenvalue weighted by Crippen LogP contribution is -2.34. The summed E-state index contributed by atoms with van der Waals surface area (Å²) in [7, 11) is 0. The molecule has 0 aromatic heterocycles. The SMILES string of the molecule is O=C(Nc1cccc(CN2CCCCC2=O)c1)C1CC1c1ccc(Br)cc1. The fourth-order valence-electron chi connectivity index (χ4n) is 3.79. The third-order valence-electron chi connectivity index (χ3n) is 5.41. The van der Waals surface area contributed by atoms with Gasteiger partial charge in [0.05, 0.1) is 0 Å². The standard InChI is InChI=1S/C22H23BrN2O2/c23-17-9-7-16(8-10-17)19-13-20(19)22(27)24-18-5-3-4-15(12-18)14-25-11-2-1-6-21(25)26/h3-5,7-10,12,19-20H,1-2,6,11,13-14H2,(H,24,27). The summed E-state index contributed by atoms with van der Waals surface area (Å²) >= 11 is 3.45. The van der Waals surface area contributed by atoms with Gasteiger partial charge in [0.2, 0.25) is 11.8 Å². The predicted octanol–water partition coefficient (Wildman–Crippen LogP) is 4.70. The summed E-state index contributed by atoms with van der Waals surface area (Å²) in [6, 6.07) is 16.1. The molecule has 0 bridgehead atoms. The van der Waals surface area contributed by atoms with Gasteiger partial charge in [0.25, 0.3) is 0 Å². The van der Waals surface area contributed by atoms with Crippen molar-refractivity contribution in [1.29, 1.82) is 0 Å². The molecule has 1 heterocycles. The molecule has 2 fully saturated rings. The van der Waals surface area contributed by atoms with Crippen molar-refractivity contribution >= 4 is 33.4 Å². The number of nitrogens with zero attached hydrogens (tertiary/aromatic N) is 1. The molecule has 2 atom stereocenters. The van der Waals surface area contributed by atoms with Crippen LogP contribution in [0, 0.1) is 5.92 Å². The molecule has 1 saturated heterocycles. The Bertz CT molecular complexity index is 850. The highest BCUT2D eigenvalue weighted by Crippen LogP contribution is 2.48. The van der Waals surface area contributed by atoms with Crippen LogP contribution in [-0.2, 0) is 16.1 Å². The van der Waals surface area contributed by atoms with Gasteiger partial charge in [-0.1, -0.05) is 40.2 Å². The average molecular weight is 427 g/mol. The summed E-state index contributed by atoms with van der Waals surface area (Å²) in [5.41, 5.74) is 3.09. The Morgan fingerprint density at radius 3 is 2.74 bits per heavy atom. The molecule has 0 spiro atoms. The van der Waals surface area contributed by atoms with E-state index in [1.807, 2.05) is 41.3 Å². The zero-order valence-electron chi connectivity index (χ0n) is 15.2. The zero-order chi connectivity index (χ0) is 18.8. The van der Waals surface area contributed by atoms with Crippen LogP contribution in [0.1, 0.15) is 42.7 Å². The molecule has 2 unspecified atom stereocenters. The molecule has 27 heavy (non-hydrogen) atoms. The minimum Gasteiger partial charge on any atom is -0.338 e. The monoisotopic (exact) mass is 426 g/mol. The number of hydrogen-bond acceptors (Lipinski definition) is 2. The van der Waals surface area contributed by atoms with Crippen molar-refractivity contribution in [3.63, 3.8) is 0 Å². The fraction of sp³-hybridized carbons (Fsp3) is 0.364. The number of rotatable bonds is 5. The van der Waals surface area contributed by atoms with Crippen LogP contribution in [0.4, 0.5) is 5.69 Å². The van der Waals surface area contributed by atoms with Gasteiger partial charge >= 0.3 is 0 Å². The molecular formula is C22H23BrN2O2. The smallest absolute Gasteiger partial charge is 0.228 e. The fourth-order valence-corrected chi connectivity index (χ4v) is 4.06. The van der Waals surface area contributed by atoms with Crippen molar-refractivity contribution < 1.29 is 9.59 Å². The van der Waals surface area contributed by atoms with Gasteiger partial charge in [0.1, 0.15) is 0 Å². The van der Waals surface area contributed by atoms with E-state index in [0.29, 0.717) is 18.9 Å². The second-order valence-electron chi connectivity index (χ2n) is 7.46. The van der Waals surface area contributed by atoms with E-state index in [9.17, 15) is 9.59 Å². The Morgan fingerprint density at radius 1 is 1.15 bits per heavy atom. The van der Waals surface area contributed by atoms with Gasteiger partial charge in [-0.05, 0) is 60.6 Å². The van der Waals surface area contributed by atoms with Gasteiger partial charge in [0, 0.05) is 35.6 Å². The molecule has 1 saturated carbocycles. The van der Waals surface area contributed by atoms with Crippen LogP contribution < -0.4 is 5.32 Å². The van der Waals surface area contributed by atoms with Crippen LogP contribution in [0.25, 0.3) is 0 Å². The lowest BCUT2D eigenvalue weighted by molar-refractivity contribution is -0.133. The topological polar surface area (TPSA) is 49.4 Å². The minimum absolute atomic E-state index is 0.0403. The van der Waals surface area contributed by atoms with Gasteiger partial charge in [0.15, 0.2) is 0 Å². The van der Waals surface area contributed by atoms with E-state index in [1.165, 1.54) is 5.56 Å². The quantitative estimate of drug-likeness (QED) is 0.752. The molecule has 1 aliphatic carbocycles. The summed E-state index contributed by atoms with van der Waals surface area (Å²) < 4.78 is 1.05. The Balaban J connectivity index is 1.36. The van der Waals surface area contributed by atoms with Crippen molar-refractivity contribution in [1.82, 2.24) is 4.90 Å². The maximum absolute atomic E-state index is 12.6. The van der Waals surface area contributed by atoms with Crippen molar-refractivity contribution in [3.8, 4) is 0 Å². The van der Waals surface area contributed by atoms with Crippen LogP contribution >= 0.6 is 15.9 Å². The summed E-state index contributed by atoms with van der Waals surface area (Å²) in [5.74, 6) is 0.658. The largest absolute Gasteiger partial charge is 0.338 e. The van der Waals surface area contributed by atoms with E-state index in [2.05, 4.69) is 33.4 Å². The summed E-state index contributed by atoms with van der Waals surface area (Å²) in [4.78, 5) is 26.5. The first-order valence-electron chi connectivity index (χ1n) is 9.53. The van der Waals surface area contributed by atoms with Gasteiger partial charge < -0.3 is 10.2 Å². The van der Waals surface area contributed by atoms with Crippen LogP contribution in [0.15, 0.2) is 53.0 Å². The number of benzene rings is 2. The number of nitrogens with one attached hydrogen (secondary N) is 1. The van der Waals surface area contributed by atoms with E-state index in [0.717, 1.165) is 41.5 Å². The zero-order valence-corrected chi connectivity index (χ0v) is 16.7. The number of halogens is 1. The van der Waals surface area contributed by atoms with Crippen LogP contribution in [0.3, 0.4) is 0 Å². The summed E-state index contributed by atoms with van der Waals surface area (Å²) in [6.45, 7) is 1.44. The molecule has 1 N–H and O–H groups in total. The molecule has 4 nitrogen and oxygen atoms in total. The lowest BCUT2D eigenvalue weighted by Gasteiger charge is -2.26. The first kappa shape index (κ1) is 18.2. The highest BCUT2D eigenvalue weighted by molar-refractivity contribution is 9.10. The Kier molecular flexibility index (Phi) is 5.30. The molecule has 5 heteroatoms. The first-order valence-corrected chi connectivity index (χ1v) is 10.3. The molecule has 1 aliphatic heterocycles. The van der Waals surface area contributed by atoms with Crippen molar-refractivity contribution in [3.05, 3.63) is 64.1 Å².